The molecule has 0 radical (unpaired) electrons. The van der Waals surface area contributed by atoms with Gasteiger partial charge in [-0.05, 0) is 33.6 Å². The van der Waals surface area contributed by atoms with Gasteiger partial charge in [0.05, 0.1) is 12.6 Å². The maximum absolute atomic E-state index is 11.9. The van der Waals surface area contributed by atoms with Crippen molar-refractivity contribution in [3.63, 3.8) is 0 Å². The monoisotopic (exact) mass is 495 g/mol. The SMILES string of the molecule is CCc1cnc(CNC(=NC)N2CCC(NC(=O)OC(C)(C)C)C2)s1.I. The first-order valence-electron chi connectivity index (χ1n) is 8.69. The first-order valence-corrected chi connectivity index (χ1v) is 9.51. The highest BCUT2D eigenvalue weighted by atomic mass is 127. The number of rotatable bonds is 4. The van der Waals surface area contributed by atoms with E-state index in [1.807, 2.05) is 27.0 Å². The van der Waals surface area contributed by atoms with Gasteiger partial charge in [0.2, 0.25) is 0 Å². The fourth-order valence-corrected chi connectivity index (χ4v) is 3.43. The van der Waals surface area contributed by atoms with Gasteiger partial charge in [-0.2, -0.15) is 0 Å². The van der Waals surface area contributed by atoms with E-state index in [0.717, 1.165) is 36.9 Å². The van der Waals surface area contributed by atoms with Gasteiger partial charge in [-0.15, -0.1) is 35.3 Å². The van der Waals surface area contributed by atoms with Crippen molar-refractivity contribution in [3.05, 3.63) is 16.1 Å². The van der Waals surface area contributed by atoms with E-state index in [1.54, 1.807) is 18.4 Å². The van der Waals surface area contributed by atoms with Crippen molar-refractivity contribution >= 4 is 47.4 Å². The average Bonchev–Trinajstić information content (AvgIpc) is 3.15. The summed E-state index contributed by atoms with van der Waals surface area (Å²) in [6.07, 6.45) is 3.45. The van der Waals surface area contributed by atoms with Crippen molar-refractivity contribution in [1.82, 2.24) is 20.5 Å². The quantitative estimate of drug-likeness (QED) is 0.382. The molecule has 1 atom stereocenters. The van der Waals surface area contributed by atoms with E-state index in [2.05, 4.69) is 32.4 Å². The molecule has 1 fully saturated rings. The number of aromatic nitrogens is 1. The molecular formula is C17H30IN5O2S. The number of nitrogens with zero attached hydrogens (tertiary/aromatic N) is 3. The van der Waals surface area contributed by atoms with E-state index in [4.69, 9.17) is 4.74 Å². The summed E-state index contributed by atoms with van der Waals surface area (Å²) in [4.78, 5) is 24.1. The minimum atomic E-state index is -0.481. The summed E-state index contributed by atoms with van der Waals surface area (Å²) in [5.74, 6) is 0.835. The van der Waals surface area contributed by atoms with Gasteiger partial charge >= 0.3 is 6.09 Å². The molecule has 1 unspecified atom stereocenters. The molecule has 0 bridgehead atoms. The Bertz CT molecular complexity index is 615. The molecule has 0 aromatic carbocycles. The lowest BCUT2D eigenvalue weighted by molar-refractivity contribution is 0.0507. The number of guanidine groups is 1. The summed E-state index contributed by atoms with van der Waals surface area (Å²) in [6.45, 7) is 9.95. The third kappa shape index (κ3) is 7.26. The number of carbonyl (C=O) groups is 1. The average molecular weight is 495 g/mol. The second-order valence-corrected chi connectivity index (χ2v) is 8.25. The van der Waals surface area contributed by atoms with Gasteiger partial charge in [0, 0.05) is 31.2 Å². The summed E-state index contributed by atoms with van der Waals surface area (Å²) in [7, 11) is 1.77. The molecule has 7 nitrogen and oxygen atoms in total. The van der Waals surface area contributed by atoms with Crippen LogP contribution in [0, 0.1) is 0 Å². The van der Waals surface area contributed by atoms with E-state index in [-0.39, 0.29) is 36.1 Å². The highest BCUT2D eigenvalue weighted by Crippen LogP contribution is 2.14. The number of thiazole rings is 1. The fourth-order valence-electron chi connectivity index (χ4n) is 2.62. The summed E-state index contributed by atoms with van der Waals surface area (Å²) in [5, 5.41) is 7.35. The Morgan fingerprint density at radius 3 is 2.81 bits per heavy atom. The number of carbonyl (C=O) groups excluding carboxylic acids is 1. The predicted molar refractivity (Wildman–Crippen MR) is 116 cm³/mol. The number of ether oxygens (including phenoxy) is 1. The first-order chi connectivity index (χ1) is 11.8. The van der Waals surface area contributed by atoms with Gasteiger partial charge < -0.3 is 20.3 Å². The molecule has 1 saturated heterocycles. The molecule has 0 saturated carbocycles. The predicted octanol–water partition coefficient (Wildman–Crippen LogP) is 3.00. The maximum Gasteiger partial charge on any atom is 0.407 e. The molecule has 1 aliphatic rings. The van der Waals surface area contributed by atoms with Crippen LogP contribution in [-0.2, 0) is 17.7 Å². The van der Waals surface area contributed by atoms with Crippen LogP contribution >= 0.6 is 35.3 Å². The van der Waals surface area contributed by atoms with Crippen LogP contribution in [0.4, 0.5) is 4.79 Å². The third-order valence-corrected chi connectivity index (χ3v) is 4.91. The van der Waals surface area contributed by atoms with Crippen molar-refractivity contribution in [2.45, 2.75) is 58.7 Å². The molecular weight excluding hydrogens is 465 g/mol. The van der Waals surface area contributed by atoms with Crippen LogP contribution in [0.3, 0.4) is 0 Å². The molecule has 2 heterocycles. The molecule has 1 aliphatic heterocycles. The molecule has 26 heavy (non-hydrogen) atoms. The van der Waals surface area contributed by atoms with Crippen LogP contribution in [0.5, 0.6) is 0 Å². The Hall–Kier alpha value is -1.10. The largest absolute Gasteiger partial charge is 0.444 e. The van der Waals surface area contributed by atoms with Crippen LogP contribution in [-0.4, -0.2) is 53.7 Å². The summed E-state index contributed by atoms with van der Waals surface area (Å²) in [5.41, 5.74) is -0.481. The zero-order chi connectivity index (χ0) is 18.4. The number of hydrogen-bond acceptors (Lipinski definition) is 5. The minimum Gasteiger partial charge on any atom is -0.444 e. The van der Waals surface area contributed by atoms with Crippen LogP contribution in [0.15, 0.2) is 11.2 Å². The molecule has 2 N–H and O–H groups in total. The van der Waals surface area contributed by atoms with Crippen molar-refractivity contribution in [2.75, 3.05) is 20.1 Å². The van der Waals surface area contributed by atoms with E-state index in [9.17, 15) is 4.79 Å². The lowest BCUT2D eigenvalue weighted by atomic mass is 10.2. The number of aryl methyl sites for hydroxylation is 1. The Kier molecular flexibility index (Phi) is 9.08. The van der Waals surface area contributed by atoms with Gasteiger partial charge in [0.1, 0.15) is 10.6 Å². The lowest BCUT2D eigenvalue weighted by Gasteiger charge is -2.23. The lowest BCUT2D eigenvalue weighted by Crippen LogP contribution is -2.44. The van der Waals surface area contributed by atoms with E-state index < -0.39 is 5.60 Å². The molecule has 1 aromatic heterocycles. The Labute approximate surface area is 177 Å². The third-order valence-electron chi connectivity index (χ3n) is 3.77. The number of amides is 1. The Balaban J connectivity index is 0.00000338. The zero-order valence-corrected chi connectivity index (χ0v) is 19.3. The number of hydrogen-bond donors (Lipinski definition) is 2. The zero-order valence-electron chi connectivity index (χ0n) is 16.2. The van der Waals surface area contributed by atoms with Gasteiger partial charge in [0.15, 0.2) is 5.96 Å². The molecule has 1 amide bonds. The van der Waals surface area contributed by atoms with Gasteiger partial charge in [0.25, 0.3) is 0 Å². The van der Waals surface area contributed by atoms with E-state index in [0.29, 0.717) is 6.54 Å². The molecule has 0 spiro atoms. The normalized spacial score (nSPS) is 17.7. The molecule has 2 rings (SSSR count). The number of halogens is 1. The van der Waals surface area contributed by atoms with Crippen LogP contribution < -0.4 is 10.6 Å². The fraction of sp³-hybridized carbons (Fsp3) is 0.706. The van der Waals surface area contributed by atoms with Gasteiger partial charge in [-0.25, -0.2) is 9.78 Å². The Morgan fingerprint density at radius 2 is 2.23 bits per heavy atom. The summed E-state index contributed by atoms with van der Waals surface area (Å²) < 4.78 is 5.32. The van der Waals surface area contributed by atoms with Crippen molar-refractivity contribution < 1.29 is 9.53 Å². The highest BCUT2D eigenvalue weighted by molar-refractivity contribution is 14.0. The molecule has 9 heteroatoms. The summed E-state index contributed by atoms with van der Waals surface area (Å²) >= 11 is 1.72. The van der Waals surface area contributed by atoms with Crippen LogP contribution in [0.1, 0.15) is 44.0 Å². The van der Waals surface area contributed by atoms with E-state index >= 15 is 0 Å². The second-order valence-electron chi connectivity index (χ2n) is 7.05. The van der Waals surface area contributed by atoms with E-state index in [1.165, 1.54) is 4.88 Å². The maximum atomic E-state index is 11.9. The smallest absolute Gasteiger partial charge is 0.407 e. The second kappa shape index (κ2) is 10.3. The van der Waals surface area contributed by atoms with Crippen molar-refractivity contribution in [3.8, 4) is 0 Å². The topological polar surface area (TPSA) is 78.9 Å². The highest BCUT2D eigenvalue weighted by Gasteiger charge is 2.27. The number of nitrogens with one attached hydrogen (secondary N) is 2. The number of alkyl carbamates (subject to hydrolysis) is 1. The van der Waals surface area contributed by atoms with Gasteiger partial charge in [-0.1, -0.05) is 6.92 Å². The standard InChI is InChI=1S/C17H29N5O2S.HI/c1-6-13-9-19-14(25-13)10-20-15(18-5)22-8-7-12(11-22)21-16(23)24-17(2,3)4;/h9,12H,6-8,10-11H2,1-5H3,(H,18,20)(H,21,23);1H. The minimum absolute atomic E-state index is 0. The molecule has 0 aliphatic carbocycles. The molecule has 148 valence electrons. The van der Waals surface area contributed by atoms with Gasteiger partial charge in [-0.3, -0.25) is 4.99 Å². The van der Waals surface area contributed by atoms with Crippen molar-refractivity contribution in [2.24, 2.45) is 4.99 Å². The molecule has 1 aromatic rings. The van der Waals surface area contributed by atoms with Crippen molar-refractivity contribution in [1.29, 1.82) is 0 Å². The number of aliphatic imine (C=N–C) groups is 1. The first kappa shape index (κ1) is 22.9. The summed E-state index contributed by atoms with van der Waals surface area (Å²) in [6, 6.07) is 0.0694. The van der Waals surface area contributed by atoms with Crippen LogP contribution in [0.25, 0.3) is 0 Å². The number of likely N-dealkylation sites (tertiary alicyclic amines) is 1. The Morgan fingerprint density at radius 1 is 1.50 bits per heavy atom. The van der Waals surface area contributed by atoms with Crippen LogP contribution in [0.2, 0.25) is 0 Å².